The highest BCUT2D eigenvalue weighted by Gasteiger charge is 2.50. The van der Waals surface area contributed by atoms with E-state index >= 15 is 0 Å². The van der Waals surface area contributed by atoms with Gasteiger partial charge in [0.1, 0.15) is 6.61 Å². The van der Waals surface area contributed by atoms with Gasteiger partial charge in [-0.1, -0.05) is 93.0 Å². The summed E-state index contributed by atoms with van der Waals surface area (Å²) in [5, 5.41) is 2.87. The summed E-state index contributed by atoms with van der Waals surface area (Å²) in [5.41, 5.74) is 0. The summed E-state index contributed by atoms with van der Waals surface area (Å²) in [5.74, 6) is 1.14. The molecule has 2 aromatic carbocycles. The molecule has 0 fully saturated rings. The molecule has 180 valence electrons. The first-order chi connectivity index (χ1) is 16.2. The second kappa shape index (κ2) is 10.2. The summed E-state index contributed by atoms with van der Waals surface area (Å²) < 4.78 is 12.8. The molecule has 3 aromatic rings. The minimum atomic E-state index is -2.57. The highest BCUT2D eigenvalue weighted by atomic mass is 35.5. The van der Waals surface area contributed by atoms with Gasteiger partial charge in [0, 0.05) is 12.6 Å². The maximum atomic E-state index is 7.06. The first kappa shape index (κ1) is 25.0. The fourth-order valence-electron chi connectivity index (χ4n) is 4.79. The van der Waals surface area contributed by atoms with Gasteiger partial charge < -0.3 is 14.1 Å². The Morgan fingerprint density at radius 2 is 1.59 bits per heavy atom. The highest BCUT2D eigenvalue weighted by Crippen LogP contribution is 2.39. The molecule has 0 N–H and O–H groups in total. The largest absolute Gasteiger partial charge is 0.485 e. The molecule has 0 unspecified atom stereocenters. The lowest BCUT2D eigenvalue weighted by atomic mass is 10.2. The summed E-state index contributed by atoms with van der Waals surface area (Å²) in [6.45, 7) is 10.9. The number of anilines is 1. The van der Waals surface area contributed by atoms with Gasteiger partial charge in [-0.3, -0.25) is 0 Å². The molecular weight excluding hydrogens is 485 g/mol. The van der Waals surface area contributed by atoms with E-state index in [4.69, 9.17) is 32.4 Å². The van der Waals surface area contributed by atoms with Crippen LogP contribution in [0.4, 0.5) is 5.82 Å². The second-order valence-corrected chi connectivity index (χ2v) is 14.6. The molecule has 34 heavy (non-hydrogen) atoms. The zero-order valence-corrected chi connectivity index (χ0v) is 22.6. The molecule has 0 saturated carbocycles. The van der Waals surface area contributed by atoms with Crippen LogP contribution in [-0.2, 0) is 4.43 Å². The molecule has 0 radical (unpaired) electrons. The summed E-state index contributed by atoms with van der Waals surface area (Å²) in [6, 6.07) is 21.6. The van der Waals surface area contributed by atoms with Crippen molar-refractivity contribution >= 4 is 47.7 Å². The maximum absolute atomic E-state index is 7.06. The minimum absolute atomic E-state index is 0.0568. The van der Waals surface area contributed by atoms with Gasteiger partial charge in [0.25, 0.3) is 8.32 Å². The van der Waals surface area contributed by atoms with E-state index in [2.05, 4.69) is 103 Å². The lowest BCUT2D eigenvalue weighted by Crippen LogP contribution is -2.66. The number of halogens is 2. The molecule has 1 atom stereocenters. The number of aromatic nitrogens is 2. The molecule has 0 bridgehead atoms. The summed E-state index contributed by atoms with van der Waals surface area (Å²) in [6.07, 6.45) is 0.823. The number of rotatable bonds is 7. The number of benzene rings is 2. The average molecular weight is 517 g/mol. The van der Waals surface area contributed by atoms with E-state index < -0.39 is 8.32 Å². The van der Waals surface area contributed by atoms with E-state index in [1.165, 1.54) is 10.4 Å². The minimum Gasteiger partial charge on any atom is -0.485 e. The predicted molar refractivity (Wildman–Crippen MR) is 143 cm³/mol. The van der Waals surface area contributed by atoms with Crippen LogP contribution in [0.2, 0.25) is 15.5 Å². The van der Waals surface area contributed by atoms with Gasteiger partial charge in [-0.05, 0) is 40.4 Å². The fourth-order valence-corrected chi connectivity index (χ4v) is 9.79. The Balaban J connectivity index is 1.61. The molecule has 4 rings (SSSR count). The van der Waals surface area contributed by atoms with E-state index in [0.717, 1.165) is 6.42 Å². The van der Waals surface area contributed by atoms with Crippen LogP contribution in [-0.4, -0.2) is 44.1 Å². The predicted octanol–water partition coefficient (Wildman–Crippen LogP) is 5.34. The van der Waals surface area contributed by atoms with Crippen LogP contribution >= 0.6 is 23.2 Å². The molecule has 2 heterocycles. The van der Waals surface area contributed by atoms with E-state index in [-0.39, 0.29) is 21.5 Å². The molecule has 0 aliphatic carbocycles. The van der Waals surface area contributed by atoms with Crippen molar-refractivity contribution in [1.29, 1.82) is 0 Å². The lowest BCUT2D eigenvalue weighted by Gasteiger charge is -2.43. The van der Waals surface area contributed by atoms with Crippen LogP contribution in [0.25, 0.3) is 0 Å². The third kappa shape index (κ3) is 4.82. The molecule has 0 saturated heterocycles. The Bertz CT molecular complexity index is 1070. The molecule has 1 aliphatic heterocycles. The van der Waals surface area contributed by atoms with E-state index in [9.17, 15) is 0 Å². The fraction of sp³-hybridized carbons (Fsp3) is 0.385. The Hall–Kier alpha value is -2.12. The molecule has 8 heteroatoms. The van der Waals surface area contributed by atoms with Gasteiger partial charge in [0.05, 0.1) is 6.54 Å². The van der Waals surface area contributed by atoms with E-state index in [1.807, 2.05) is 0 Å². The summed E-state index contributed by atoms with van der Waals surface area (Å²) in [7, 11) is -2.57. The quantitative estimate of drug-likeness (QED) is 0.241. The number of nitrogens with zero attached hydrogens (tertiary/aromatic N) is 3. The Labute approximate surface area is 213 Å². The number of hydrogen-bond acceptors (Lipinski definition) is 5. The van der Waals surface area contributed by atoms with Crippen molar-refractivity contribution in [2.24, 2.45) is 0 Å². The van der Waals surface area contributed by atoms with Crippen LogP contribution in [0, 0.1) is 0 Å². The molecule has 0 amide bonds. The summed E-state index contributed by atoms with van der Waals surface area (Å²) in [4.78, 5) is 10.6. The van der Waals surface area contributed by atoms with Crippen molar-refractivity contribution in [1.82, 2.24) is 9.97 Å². The second-order valence-electron chi connectivity index (χ2n) is 9.63. The Morgan fingerprint density at radius 3 is 2.15 bits per heavy atom. The van der Waals surface area contributed by atoms with E-state index in [1.54, 1.807) is 0 Å². The molecule has 0 spiro atoms. The zero-order valence-electron chi connectivity index (χ0n) is 20.1. The zero-order chi connectivity index (χ0) is 24.3. The number of fused-ring (bicyclic) bond motifs is 1. The van der Waals surface area contributed by atoms with Crippen LogP contribution in [0.1, 0.15) is 34.1 Å². The molecule has 1 aromatic heterocycles. The lowest BCUT2D eigenvalue weighted by molar-refractivity contribution is 0.265. The van der Waals surface area contributed by atoms with Gasteiger partial charge in [0.15, 0.2) is 16.7 Å². The first-order valence-corrected chi connectivity index (χ1v) is 14.3. The Kier molecular flexibility index (Phi) is 7.53. The number of hydrogen-bond donors (Lipinski definition) is 0. The smallest absolute Gasteiger partial charge is 0.261 e. The van der Waals surface area contributed by atoms with Crippen molar-refractivity contribution < 1.29 is 9.16 Å². The van der Waals surface area contributed by atoms with Gasteiger partial charge in [0.2, 0.25) is 5.28 Å². The standard InChI is InChI=1S/C26H31Cl2N3O2Si/c1-19(31-16-18-32-22-23(27)29-25(28)30-24(22)31)15-17-33-34(26(2,3)4,20-11-7-5-8-12-20)21-13-9-6-10-14-21/h5-14,19H,15-18H2,1-4H3/t19-/m0/s1. The van der Waals surface area contributed by atoms with Crippen molar-refractivity contribution in [2.45, 2.75) is 45.2 Å². The van der Waals surface area contributed by atoms with Crippen LogP contribution in [0.15, 0.2) is 60.7 Å². The van der Waals surface area contributed by atoms with Gasteiger partial charge in [-0.25, -0.2) is 4.98 Å². The van der Waals surface area contributed by atoms with Crippen molar-refractivity contribution in [3.05, 3.63) is 71.1 Å². The molecule has 1 aliphatic rings. The van der Waals surface area contributed by atoms with Gasteiger partial charge in [-0.2, -0.15) is 4.98 Å². The van der Waals surface area contributed by atoms with E-state index in [0.29, 0.717) is 31.3 Å². The monoisotopic (exact) mass is 515 g/mol. The Morgan fingerprint density at radius 1 is 1.00 bits per heavy atom. The third-order valence-electron chi connectivity index (χ3n) is 6.43. The summed E-state index contributed by atoms with van der Waals surface area (Å²) >= 11 is 12.4. The molecular formula is C26H31Cl2N3O2Si. The van der Waals surface area contributed by atoms with Crippen LogP contribution in [0.5, 0.6) is 5.75 Å². The third-order valence-corrected chi connectivity index (χ3v) is 11.9. The number of ether oxygens (including phenoxy) is 1. The van der Waals surface area contributed by atoms with Gasteiger partial charge in [-0.15, -0.1) is 0 Å². The first-order valence-electron chi connectivity index (χ1n) is 11.6. The van der Waals surface area contributed by atoms with Crippen LogP contribution < -0.4 is 20.0 Å². The SMILES string of the molecule is C[C@@H](CCO[Si](c1ccccc1)(c1ccccc1)C(C)(C)C)N1CCOc2c(Cl)nc(Cl)nc21. The topological polar surface area (TPSA) is 47.5 Å². The van der Waals surface area contributed by atoms with Gasteiger partial charge >= 0.3 is 0 Å². The average Bonchev–Trinajstić information content (AvgIpc) is 2.81. The van der Waals surface area contributed by atoms with Crippen molar-refractivity contribution in [3.8, 4) is 5.75 Å². The highest BCUT2D eigenvalue weighted by molar-refractivity contribution is 6.99. The normalized spacial score (nSPS) is 14.9. The van der Waals surface area contributed by atoms with Crippen molar-refractivity contribution in [2.75, 3.05) is 24.7 Å². The van der Waals surface area contributed by atoms with Crippen LogP contribution in [0.3, 0.4) is 0 Å². The maximum Gasteiger partial charge on any atom is 0.261 e. The van der Waals surface area contributed by atoms with Crippen molar-refractivity contribution in [3.63, 3.8) is 0 Å². The molecule has 5 nitrogen and oxygen atoms in total.